The standard InChI is InChI=1S/C17H20N4O/c1-10-4-5-14(8-11(10)2)20-16-9-15(18-12(3)19-16)17(22)21-13-6-7-13/h4-5,8-9,13H,6-7H2,1-3H3,(H,21,22)(H,18,19,20). The van der Waals surface area contributed by atoms with E-state index in [4.69, 9.17) is 0 Å². The van der Waals surface area contributed by atoms with Gasteiger partial charge < -0.3 is 10.6 Å². The predicted octanol–water partition coefficient (Wildman–Crippen LogP) is 3.04. The van der Waals surface area contributed by atoms with Crippen LogP contribution in [0.15, 0.2) is 24.3 Å². The lowest BCUT2D eigenvalue weighted by molar-refractivity contribution is 0.0945. The minimum atomic E-state index is -0.129. The third-order valence-electron chi connectivity index (χ3n) is 3.76. The van der Waals surface area contributed by atoms with Gasteiger partial charge in [-0.1, -0.05) is 6.07 Å². The first kappa shape index (κ1) is 14.5. The Labute approximate surface area is 130 Å². The highest BCUT2D eigenvalue weighted by atomic mass is 16.2. The second-order valence-corrected chi connectivity index (χ2v) is 5.86. The van der Waals surface area contributed by atoms with E-state index in [0.717, 1.165) is 18.5 Å². The molecule has 0 saturated heterocycles. The van der Waals surface area contributed by atoms with Gasteiger partial charge in [-0.05, 0) is 56.9 Å². The molecule has 114 valence electrons. The second-order valence-electron chi connectivity index (χ2n) is 5.86. The molecular weight excluding hydrogens is 276 g/mol. The molecule has 0 spiro atoms. The molecule has 5 nitrogen and oxygen atoms in total. The number of hydrogen-bond donors (Lipinski definition) is 2. The average Bonchev–Trinajstić information content (AvgIpc) is 3.26. The van der Waals surface area contributed by atoms with Crippen molar-refractivity contribution in [2.24, 2.45) is 0 Å². The molecule has 0 radical (unpaired) electrons. The molecule has 1 aliphatic carbocycles. The molecule has 2 aromatic rings. The van der Waals surface area contributed by atoms with E-state index in [0.29, 0.717) is 23.4 Å². The van der Waals surface area contributed by atoms with Crippen molar-refractivity contribution in [1.29, 1.82) is 0 Å². The van der Waals surface area contributed by atoms with E-state index in [9.17, 15) is 4.79 Å². The fraction of sp³-hybridized carbons (Fsp3) is 0.353. The Morgan fingerprint density at radius 3 is 2.55 bits per heavy atom. The van der Waals surface area contributed by atoms with Gasteiger partial charge in [0.05, 0.1) is 0 Å². The summed E-state index contributed by atoms with van der Waals surface area (Å²) in [4.78, 5) is 20.7. The zero-order chi connectivity index (χ0) is 15.7. The van der Waals surface area contributed by atoms with Crippen LogP contribution in [0.2, 0.25) is 0 Å². The summed E-state index contributed by atoms with van der Waals surface area (Å²) in [6.45, 7) is 5.94. The van der Waals surface area contributed by atoms with E-state index < -0.39 is 0 Å². The average molecular weight is 296 g/mol. The van der Waals surface area contributed by atoms with Crippen LogP contribution in [0.4, 0.5) is 11.5 Å². The number of hydrogen-bond acceptors (Lipinski definition) is 4. The lowest BCUT2D eigenvalue weighted by atomic mass is 10.1. The number of nitrogens with zero attached hydrogens (tertiary/aromatic N) is 2. The van der Waals surface area contributed by atoms with Crippen molar-refractivity contribution < 1.29 is 4.79 Å². The zero-order valence-electron chi connectivity index (χ0n) is 13.1. The monoisotopic (exact) mass is 296 g/mol. The van der Waals surface area contributed by atoms with Crippen LogP contribution in [-0.4, -0.2) is 21.9 Å². The maximum atomic E-state index is 12.1. The van der Waals surface area contributed by atoms with Crippen molar-refractivity contribution in [3.05, 3.63) is 46.9 Å². The van der Waals surface area contributed by atoms with Crippen LogP contribution in [0.3, 0.4) is 0 Å². The lowest BCUT2D eigenvalue weighted by Gasteiger charge is -2.10. The summed E-state index contributed by atoms with van der Waals surface area (Å²) in [5, 5.41) is 6.19. The zero-order valence-corrected chi connectivity index (χ0v) is 13.1. The molecule has 1 heterocycles. The molecule has 2 N–H and O–H groups in total. The normalized spacial score (nSPS) is 13.8. The van der Waals surface area contributed by atoms with Crippen molar-refractivity contribution in [3.63, 3.8) is 0 Å². The molecule has 0 unspecified atom stereocenters. The Morgan fingerprint density at radius 2 is 1.86 bits per heavy atom. The molecular formula is C17H20N4O. The summed E-state index contributed by atoms with van der Waals surface area (Å²) < 4.78 is 0. The Morgan fingerprint density at radius 1 is 1.09 bits per heavy atom. The van der Waals surface area contributed by atoms with Crippen LogP contribution < -0.4 is 10.6 Å². The highest BCUT2D eigenvalue weighted by Gasteiger charge is 2.24. The van der Waals surface area contributed by atoms with E-state index in [2.05, 4.69) is 46.6 Å². The number of amides is 1. The first-order valence-electron chi connectivity index (χ1n) is 7.52. The number of aromatic nitrogens is 2. The van der Waals surface area contributed by atoms with E-state index in [1.165, 1.54) is 11.1 Å². The lowest BCUT2D eigenvalue weighted by Crippen LogP contribution is -2.26. The molecule has 0 atom stereocenters. The smallest absolute Gasteiger partial charge is 0.270 e. The summed E-state index contributed by atoms with van der Waals surface area (Å²) in [6.07, 6.45) is 2.12. The van der Waals surface area contributed by atoms with Gasteiger partial charge in [0.1, 0.15) is 17.3 Å². The van der Waals surface area contributed by atoms with Crippen LogP contribution in [0.1, 0.15) is 40.3 Å². The summed E-state index contributed by atoms with van der Waals surface area (Å²) in [5.74, 6) is 1.09. The van der Waals surface area contributed by atoms with Crippen LogP contribution in [0, 0.1) is 20.8 Å². The predicted molar refractivity (Wildman–Crippen MR) is 86.5 cm³/mol. The third kappa shape index (κ3) is 3.42. The molecule has 1 amide bonds. The Balaban J connectivity index is 1.81. The number of anilines is 2. The SMILES string of the molecule is Cc1nc(Nc2ccc(C)c(C)c2)cc(C(=O)NC2CC2)n1. The summed E-state index contributed by atoms with van der Waals surface area (Å²) in [7, 11) is 0. The topological polar surface area (TPSA) is 66.9 Å². The van der Waals surface area contributed by atoms with Gasteiger partial charge >= 0.3 is 0 Å². The van der Waals surface area contributed by atoms with Gasteiger partial charge in [0.2, 0.25) is 0 Å². The molecule has 1 fully saturated rings. The summed E-state index contributed by atoms with van der Waals surface area (Å²) in [6, 6.07) is 8.14. The number of carbonyl (C=O) groups is 1. The molecule has 0 bridgehead atoms. The molecule has 1 aliphatic rings. The molecule has 1 saturated carbocycles. The van der Waals surface area contributed by atoms with Gasteiger partial charge in [0, 0.05) is 17.8 Å². The fourth-order valence-corrected chi connectivity index (χ4v) is 2.20. The molecule has 3 rings (SSSR count). The Hall–Kier alpha value is -2.43. The molecule has 0 aliphatic heterocycles. The van der Waals surface area contributed by atoms with Gasteiger partial charge in [-0.2, -0.15) is 0 Å². The minimum Gasteiger partial charge on any atom is -0.348 e. The Kier molecular flexibility index (Phi) is 3.79. The van der Waals surface area contributed by atoms with Crippen molar-refractivity contribution in [2.75, 3.05) is 5.32 Å². The van der Waals surface area contributed by atoms with Crippen molar-refractivity contribution >= 4 is 17.4 Å². The summed E-state index contributed by atoms with van der Waals surface area (Å²) in [5.41, 5.74) is 3.82. The number of carbonyl (C=O) groups excluding carboxylic acids is 1. The first-order chi connectivity index (χ1) is 10.5. The maximum Gasteiger partial charge on any atom is 0.270 e. The highest BCUT2D eigenvalue weighted by Crippen LogP contribution is 2.21. The molecule has 1 aromatic heterocycles. The number of benzene rings is 1. The Bertz CT molecular complexity index is 723. The van der Waals surface area contributed by atoms with Crippen molar-refractivity contribution in [1.82, 2.24) is 15.3 Å². The minimum absolute atomic E-state index is 0.129. The molecule has 1 aromatic carbocycles. The molecule has 5 heteroatoms. The highest BCUT2D eigenvalue weighted by molar-refractivity contribution is 5.93. The quantitative estimate of drug-likeness (QED) is 0.910. The largest absolute Gasteiger partial charge is 0.348 e. The van der Waals surface area contributed by atoms with E-state index in [-0.39, 0.29) is 5.91 Å². The maximum absolute atomic E-state index is 12.1. The van der Waals surface area contributed by atoms with Crippen LogP contribution in [0.25, 0.3) is 0 Å². The van der Waals surface area contributed by atoms with E-state index in [1.807, 2.05) is 6.07 Å². The van der Waals surface area contributed by atoms with Crippen LogP contribution in [0.5, 0.6) is 0 Å². The number of nitrogens with one attached hydrogen (secondary N) is 2. The second kappa shape index (κ2) is 5.75. The summed E-state index contributed by atoms with van der Waals surface area (Å²) >= 11 is 0. The first-order valence-corrected chi connectivity index (χ1v) is 7.52. The van der Waals surface area contributed by atoms with Gasteiger partial charge in [0.25, 0.3) is 5.91 Å². The van der Waals surface area contributed by atoms with Gasteiger partial charge in [-0.25, -0.2) is 9.97 Å². The van der Waals surface area contributed by atoms with Gasteiger partial charge in [-0.15, -0.1) is 0 Å². The van der Waals surface area contributed by atoms with Crippen LogP contribution >= 0.6 is 0 Å². The van der Waals surface area contributed by atoms with E-state index in [1.54, 1.807) is 13.0 Å². The number of rotatable bonds is 4. The van der Waals surface area contributed by atoms with Crippen molar-refractivity contribution in [3.8, 4) is 0 Å². The molecule has 22 heavy (non-hydrogen) atoms. The van der Waals surface area contributed by atoms with Crippen molar-refractivity contribution in [2.45, 2.75) is 39.7 Å². The van der Waals surface area contributed by atoms with Gasteiger partial charge in [0.15, 0.2) is 0 Å². The van der Waals surface area contributed by atoms with E-state index >= 15 is 0 Å². The fourth-order valence-electron chi connectivity index (χ4n) is 2.20. The van der Waals surface area contributed by atoms with Gasteiger partial charge in [-0.3, -0.25) is 4.79 Å². The third-order valence-corrected chi connectivity index (χ3v) is 3.76. The number of aryl methyl sites for hydroxylation is 3. The van der Waals surface area contributed by atoms with Crippen LogP contribution in [-0.2, 0) is 0 Å².